The second kappa shape index (κ2) is 8.97. The van der Waals surface area contributed by atoms with Gasteiger partial charge in [-0.3, -0.25) is 4.79 Å². The van der Waals surface area contributed by atoms with Crippen LogP contribution in [0.5, 0.6) is 0 Å². The summed E-state index contributed by atoms with van der Waals surface area (Å²) in [4.78, 5) is 12.6. The fourth-order valence-electron chi connectivity index (χ4n) is 3.56. The van der Waals surface area contributed by atoms with E-state index >= 15 is 0 Å². The Morgan fingerprint density at radius 1 is 0.966 bits per heavy atom. The van der Waals surface area contributed by atoms with Crippen LogP contribution in [-0.2, 0) is 14.8 Å². The molecule has 1 heterocycles. The van der Waals surface area contributed by atoms with Gasteiger partial charge in [0.1, 0.15) is 0 Å². The zero-order valence-corrected chi connectivity index (χ0v) is 18.1. The van der Waals surface area contributed by atoms with Crippen molar-refractivity contribution in [2.45, 2.75) is 44.9 Å². The lowest BCUT2D eigenvalue weighted by atomic mass is 10.1. The maximum atomic E-state index is 13.0. The highest BCUT2D eigenvalue weighted by molar-refractivity contribution is 7.89. The Bertz CT molecular complexity index is 996. The van der Waals surface area contributed by atoms with Crippen molar-refractivity contribution in [3.63, 3.8) is 0 Å². The highest BCUT2D eigenvalue weighted by atomic mass is 32.2. The lowest BCUT2D eigenvalue weighted by Gasteiger charge is -2.26. The average molecular weight is 416 g/mol. The van der Waals surface area contributed by atoms with Crippen LogP contribution in [0.4, 0.5) is 11.4 Å². The van der Waals surface area contributed by atoms with E-state index in [-0.39, 0.29) is 12.5 Å². The average Bonchev–Trinajstić information content (AvgIpc) is 2.70. The fraction of sp³-hybridized carbons (Fsp3) is 0.409. The zero-order valence-electron chi connectivity index (χ0n) is 17.3. The molecular weight excluding hydrogens is 386 g/mol. The molecule has 0 aliphatic carbocycles. The quantitative estimate of drug-likeness (QED) is 0.751. The molecule has 1 aliphatic rings. The van der Waals surface area contributed by atoms with Gasteiger partial charge in [0.2, 0.25) is 15.9 Å². The van der Waals surface area contributed by atoms with Gasteiger partial charge in [-0.1, -0.05) is 30.2 Å². The van der Waals surface area contributed by atoms with Crippen molar-refractivity contribution in [3.8, 4) is 0 Å². The molecule has 0 atom stereocenters. The minimum Gasteiger partial charge on any atom is -0.376 e. The molecule has 0 unspecified atom stereocenters. The van der Waals surface area contributed by atoms with Gasteiger partial charge in [-0.05, 0) is 62.9 Å². The van der Waals surface area contributed by atoms with Crippen molar-refractivity contribution in [3.05, 3.63) is 53.1 Å². The van der Waals surface area contributed by atoms with Crippen LogP contribution in [0, 0.1) is 20.8 Å². The summed E-state index contributed by atoms with van der Waals surface area (Å²) in [6.07, 6.45) is 2.87. The lowest BCUT2D eigenvalue weighted by Crippen LogP contribution is -2.36. The van der Waals surface area contributed by atoms with E-state index in [1.165, 1.54) is 0 Å². The molecule has 1 amide bonds. The standard InChI is InChI=1S/C22H29N3O3S/c1-16-7-10-20(18(3)13-16)24-22(26)15-23-19-9-8-17(2)21(14-19)29(27,28)25-11-5-4-6-12-25/h7-10,13-14,23H,4-6,11-12,15H2,1-3H3,(H,24,26). The summed E-state index contributed by atoms with van der Waals surface area (Å²) < 4.78 is 27.6. The van der Waals surface area contributed by atoms with Crippen LogP contribution in [0.3, 0.4) is 0 Å². The normalized spacial score (nSPS) is 15.1. The second-order valence-electron chi connectivity index (χ2n) is 7.67. The molecule has 1 aliphatic heterocycles. The van der Waals surface area contributed by atoms with Crippen LogP contribution in [0.1, 0.15) is 36.0 Å². The van der Waals surface area contributed by atoms with Gasteiger partial charge in [-0.15, -0.1) is 0 Å². The van der Waals surface area contributed by atoms with Crippen LogP contribution in [-0.4, -0.2) is 38.3 Å². The number of hydrogen-bond donors (Lipinski definition) is 2. The Morgan fingerprint density at radius 2 is 1.69 bits per heavy atom. The van der Waals surface area contributed by atoms with E-state index < -0.39 is 10.0 Å². The number of sulfonamides is 1. The second-order valence-corrected chi connectivity index (χ2v) is 9.57. The topological polar surface area (TPSA) is 78.5 Å². The number of nitrogens with one attached hydrogen (secondary N) is 2. The summed E-state index contributed by atoms with van der Waals surface area (Å²) in [6, 6.07) is 11.1. The number of carbonyl (C=O) groups excluding carboxylic acids is 1. The Morgan fingerprint density at radius 3 is 2.38 bits per heavy atom. The molecule has 0 radical (unpaired) electrons. The number of anilines is 2. The van der Waals surface area contributed by atoms with E-state index in [1.807, 2.05) is 32.0 Å². The van der Waals surface area contributed by atoms with Crippen molar-refractivity contribution in [2.75, 3.05) is 30.3 Å². The first-order valence-corrected chi connectivity index (χ1v) is 11.4. The van der Waals surface area contributed by atoms with E-state index in [0.29, 0.717) is 29.2 Å². The number of piperidine rings is 1. The van der Waals surface area contributed by atoms with Gasteiger partial charge in [-0.2, -0.15) is 4.31 Å². The first kappa shape index (κ1) is 21.3. The first-order chi connectivity index (χ1) is 13.8. The minimum absolute atomic E-state index is 0.0551. The summed E-state index contributed by atoms with van der Waals surface area (Å²) in [7, 11) is -3.52. The monoisotopic (exact) mass is 415 g/mol. The highest BCUT2D eigenvalue weighted by Gasteiger charge is 2.27. The molecule has 6 nitrogen and oxygen atoms in total. The summed E-state index contributed by atoms with van der Waals surface area (Å²) in [5, 5.41) is 5.93. The van der Waals surface area contributed by atoms with Crippen molar-refractivity contribution in [1.82, 2.24) is 4.31 Å². The minimum atomic E-state index is -3.52. The van der Waals surface area contributed by atoms with E-state index in [1.54, 1.807) is 29.4 Å². The number of rotatable bonds is 6. The Balaban J connectivity index is 1.68. The number of aryl methyl sites for hydroxylation is 3. The molecule has 29 heavy (non-hydrogen) atoms. The summed E-state index contributed by atoms with van der Waals surface area (Å²) in [5.74, 6) is -0.182. The Kier molecular flexibility index (Phi) is 6.59. The van der Waals surface area contributed by atoms with Gasteiger partial charge in [-0.25, -0.2) is 8.42 Å². The molecule has 2 N–H and O–H groups in total. The van der Waals surface area contributed by atoms with Crippen LogP contribution in [0.25, 0.3) is 0 Å². The largest absolute Gasteiger partial charge is 0.376 e. The summed E-state index contributed by atoms with van der Waals surface area (Å²) >= 11 is 0. The lowest BCUT2D eigenvalue weighted by molar-refractivity contribution is -0.114. The molecular formula is C22H29N3O3S. The van der Waals surface area contributed by atoms with Crippen molar-refractivity contribution < 1.29 is 13.2 Å². The first-order valence-electron chi connectivity index (χ1n) is 9.99. The van der Waals surface area contributed by atoms with Gasteiger partial charge >= 0.3 is 0 Å². The maximum Gasteiger partial charge on any atom is 0.243 e. The van der Waals surface area contributed by atoms with Crippen LogP contribution < -0.4 is 10.6 Å². The highest BCUT2D eigenvalue weighted by Crippen LogP contribution is 2.26. The van der Waals surface area contributed by atoms with Gasteiger partial charge < -0.3 is 10.6 Å². The number of benzene rings is 2. The third-order valence-corrected chi connectivity index (χ3v) is 7.27. The Labute approximate surface area is 173 Å². The number of amides is 1. The molecule has 0 saturated carbocycles. The van der Waals surface area contributed by atoms with Crippen molar-refractivity contribution >= 4 is 27.3 Å². The number of carbonyl (C=O) groups is 1. The molecule has 1 saturated heterocycles. The predicted octanol–water partition coefficient (Wildman–Crippen LogP) is 3.84. The molecule has 2 aromatic carbocycles. The smallest absolute Gasteiger partial charge is 0.243 e. The maximum absolute atomic E-state index is 13.0. The molecule has 2 aromatic rings. The van der Waals surface area contributed by atoms with E-state index in [9.17, 15) is 13.2 Å². The summed E-state index contributed by atoms with van der Waals surface area (Å²) in [6.45, 7) is 6.95. The number of hydrogen-bond acceptors (Lipinski definition) is 4. The Hall–Kier alpha value is -2.38. The van der Waals surface area contributed by atoms with Gasteiger partial charge in [0.05, 0.1) is 11.4 Å². The molecule has 0 spiro atoms. The van der Waals surface area contributed by atoms with Crippen molar-refractivity contribution in [1.29, 1.82) is 0 Å². The molecule has 3 rings (SSSR count). The van der Waals surface area contributed by atoms with Crippen LogP contribution >= 0.6 is 0 Å². The molecule has 1 fully saturated rings. The molecule has 156 valence electrons. The van der Waals surface area contributed by atoms with E-state index in [4.69, 9.17) is 0 Å². The third kappa shape index (κ3) is 5.16. The molecule has 0 bridgehead atoms. The molecule has 7 heteroatoms. The number of nitrogens with zero attached hydrogens (tertiary/aromatic N) is 1. The van der Waals surface area contributed by atoms with Crippen molar-refractivity contribution in [2.24, 2.45) is 0 Å². The van der Waals surface area contributed by atoms with Gasteiger partial charge in [0.25, 0.3) is 0 Å². The molecule has 0 aromatic heterocycles. The SMILES string of the molecule is Cc1ccc(NC(=O)CNc2ccc(C)c(S(=O)(=O)N3CCCCC3)c2)c(C)c1. The van der Waals surface area contributed by atoms with Crippen LogP contribution in [0.15, 0.2) is 41.3 Å². The van der Waals surface area contributed by atoms with Crippen LogP contribution in [0.2, 0.25) is 0 Å². The van der Waals surface area contributed by atoms with E-state index in [0.717, 1.165) is 36.1 Å². The summed E-state index contributed by atoms with van der Waals surface area (Å²) in [5.41, 5.74) is 4.24. The van der Waals surface area contributed by atoms with Gasteiger partial charge in [0.15, 0.2) is 0 Å². The zero-order chi connectivity index (χ0) is 21.0. The van der Waals surface area contributed by atoms with E-state index in [2.05, 4.69) is 10.6 Å². The van der Waals surface area contributed by atoms with Gasteiger partial charge in [0, 0.05) is 24.5 Å². The third-order valence-electron chi connectivity index (χ3n) is 5.23. The predicted molar refractivity (Wildman–Crippen MR) is 117 cm³/mol. The fourth-order valence-corrected chi connectivity index (χ4v) is 5.33.